The summed E-state index contributed by atoms with van der Waals surface area (Å²) < 4.78 is 1.99. The van der Waals surface area contributed by atoms with Gasteiger partial charge in [0.05, 0.1) is 35.0 Å². The summed E-state index contributed by atoms with van der Waals surface area (Å²) in [5, 5.41) is 7.29. The largest absolute Gasteiger partial charge is 0.368 e. The number of aryl methyl sites for hydroxylation is 1. The summed E-state index contributed by atoms with van der Waals surface area (Å²) in [7, 11) is 4.11. The lowest BCUT2D eigenvalue weighted by molar-refractivity contribution is 0.0966. The van der Waals surface area contributed by atoms with Crippen molar-refractivity contribution < 1.29 is 4.79 Å². The number of hydrogen-bond acceptors (Lipinski definition) is 7. The second-order valence-electron chi connectivity index (χ2n) is 8.90. The molecule has 0 bridgehead atoms. The molecule has 2 N–H and O–H groups in total. The molecule has 0 radical (unpaired) electrons. The number of amides is 1. The van der Waals surface area contributed by atoms with E-state index in [1.54, 1.807) is 12.4 Å². The van der Waals surface area contributed by atoms with Crippen molar-refractivity contribution in [3.8, 4) is 11.3 Å². The first-order valence-corrected chi connectivity index (χ1v) is 11.5. The average Bonchev–Trinajstić information content (AvgIpc) is 3.41. The van der Waals surface area contributed by atoms with Gasteiger partial charge in [0.25, 0.3) is 5.91 Å². The van der Waals surface area contributed by atoms with Crippen molar-refractivity contribution in [2.75, 3.05) is 43.4 Å². The lowest BCUT2D eigenvalue weighted by atomic mass is 10.0. The number of nitrogens with zero attached hydrogens (tertiary/aromatic N) is 6. The number of nitrogens with one attached hydrogen (secondary N) is 2. The monoisotopic (exact) mass is 454 g/mol. The number of anilines is 3. The molecule has 0 unspecified atom stereocenters. The van der Waals surface area contributed by atoms with Gasteiger partial charge in [-0.3, -0.25) is 9.78 Å². The van der Waals surface area contributed by atoms with Gasteiger partial charge in [-0.2, -0.15) is 0 Å². The molecular formula is C25H26N8O. The van der Waals surface area contributed by atoms with Crippen molar-refractivity contribution in [3.05, 3.63) is 60.2 Å². The number of hydrogen-bond donors (Lipinski definition) is 2. The Hall–Kier alpha value is -3.98. The van der Waals surface area contributed by atoms with Crippen molar-refractivity contribution in [3.63, 3.8) is 0 Å². The maximum absolute atomic E-state index is 12.8. The van der Waals surface area contributed by atoms with Crippen LogP contribution in [0.2, 0.25) is 0 Å². The molecule has 1 fully saturated rings. The summed E-state index contributed by atoms with van der Waals surface area (Å²) >= 11 is 0. The summed E-state index contributed by atoms with van der Waals surface area (Å²) in [6.45, 7) is 4.53. The van der Waals surface area contributed by atoms with E-state index in [1.165, 1.54) is 0 Å². The van der Waals surface area contributed by atoms with Gasteiger partial charge in [-0.25, -0.2) is 9.97 Å². The van der Waals surface area contributed by atoms with Crippen LogP contribution in [0.5, 0.6) is 0 Å². The van der Waals surface area contributed by atoms with E-state index in [1.807, 2.05) is 42.2 Å². The summed E-state index contributed by atoms with van der Waals surface area (Å²) in [5.41, 5.74) is 5.94. The second-order valence-corrected chi connectivity index (χ2v) is 8.90. The Morgan fingerprint density at radius 2 is 1.85 bits per heavy atom. The quantitative estimate of drug-likeness (QED) is 0.490. The Morgan fingerprint density at radius 3 is 2.65 bits per heavy atom. The molecular weight excluding hydrogens is 428 g/mol. The van der Waals surface area contributed by atoms with Crippen LogP contribution in [0.4, 0.5) is 17.2 Å². The van der Waals surface area contributed by atoms with Gasteiger partial charge >= 0.3 is 0 Å². The first kappa shape index (κ1) is 20.6. The lowest BCUT2D eigenvalue weighted by Crippen LogP contribution is -2.44. The predicted molar refractivity (Wildman–Crippen MR) is 132 cm³/mol. The second kappa shape index (κ2) is 8.11. The zero-order chi connectivity index (χ0) is 23.2. The van der Waals surface area contributed by atoms with Gasteiger partial charge in [0.2, 0.25) is 0 Å². The molecule has 1 amide bonds. The molecule has 4 aromatic rings. The van der Waals surface area contributed by atoms with E-state index in [0.29, 0.717) is 23.6 Å². The minimum atomic E-state index is -0.103. The maximum Gasteiger partial charge on any atom is 0.254 e. The number of fused-ring (bicyclic) bond motifs is 2. The zero-order valence-corrected chi connectivity index (χ0v) is 19.2. The highest BCUT2D eigenvalue weighted by Crippen LogP contribution is 2.36. The van der Waals surface area contributed by atoms with E-state index in [0.717, 1.165) is 59.7 Å². The first-order valence-electron chi connectivity index (χ1n) is 11.5. The molecule has 0 atom stereocenters. The Kier molecular flexibility index (Phi) is 4.91. The number of aromatic nitrogens is 4. The molecule has 6 heterocycles. The summed E-state index contributed by atoms with van der Waals surface area (Å²) in [6, 6.07) is 7.99. The smallest absolute Gasteiger partial charge is 0.254 e. The van der Waals surface area contributed by atoms with Crippen LogP contribution in [-0.2, 0) is 13.6 Å². The van der Waals surface area contributed by atoms with E-state index < -0.39 is 0 Å². The molecule has 1 saturated heterocycles. The van der Waals surface area contributed by atoms with Crippen molar-refractivity contribution >= 4 is 34.1 Å². The molecule has 0 spiro atoms. The lowest BCUT2D eigenvalue weighted by Gasteiger charge is -2.33. The molecule has 9 nitrogen and oxygen atoms in total. The third kappa shape index (κ3) is 3.45. The fourth-order valence-corrected chi connectivity index (χ4v) is 4.82. The number of piperazine rings is 1. The fraction of sp³-hybridized carbons (Fsp3) is 0.280. The minimum Gasteiger partial charge on any atom is -0.368 e. The third-order valence-corrected chi connectivity index (χ3v) is 6.70. The Balaban J connectivity index is 1.32. The van der Waals surface area contributed by atoms with Gasteiger partial charge in [-0.15, -0.1) is 0 Å². The predicted octanol–water partition coefficient (Wildman–Crippen LogP) is 2.77. The zero-order valence-electron chi connectivity index (χ0n) is 19.2. The van der Waals surface area contributed by atoms with Gasteiger partial charge < -0.3 is 25.0 Å². The standard InChI is InChI=1S/C25H26N8O/c1-31-8-10-33(11-9-31)16-5-6-21(27-12-16)30-20-14-28-23(18-13-29-25(34)22(18)20)19-15-32(2)24-17(19)4-3-7-26-24/h3-7,12,14-15H,8-11,13H2,1-2H3,(H,27,30)(H,29,34). The van der Waals surface area contributed by atoms with E-state index in [2.05, 4.69) is 43.5 Å². The van der Waals surface area contributed by atoms with Crippen molar-refractivity contribution in [1.29, 1.82) is 0 Å². The van der Waals surface area contributed by atoms with Gasteiger partial charge in [-0.1, -0.05) is 0 Å². The number of rotatable bonds is 4. The number of likely N-dealkylation sites (N-methyl/N-ethyl adjacent to an activating group) is 1. The number of pyridine rings is 3. The Labute approximate surface area is 197 Å². The molecule has 34 heavy (non-hydrogen) atoms. The topological polar surface area (TPSA) is 91.2 Å². The first-order chi connectivity index (χ1) is 16.6. The molecule has 172 valence electrons. The highest BCUT2D eigenvalue weighted by Gasteiger charge is 2.28. The molecule has 0 saturated carbocycles. The fourth-order valence-electron chi connectivity index (χ4n) is 4.82. The molecule has 0 aliphatic carbocycles. The van der Waals surface area contributed by atoms with Crippen LogP contribution in [0, 0.1) is 0 Å². The van der Waals surface area contributed by atoms with Gasteiger partial charge in [-0.05, 0) is 31.3 Å². The number of carbonyl (C=O) groups excluding carboxylic acids is 1. The van der Waals surface area contributed by atoms with Crippen LogP contribution in [0.1, 0.15) is 15.9 Å². The van der Waals surface area contributed by atoms with E-state index in [4.69, 9.17) is 4.98 Å². The van der Waals surface area contributed by atoms with E-state index in [9.17, 15) is 4.79 Å². The Bertz CT molecular complexity index is 1390. The molecule has 6 rings (SSSR count). The molecule has 9 heteroatoms. The molecule has 2 aliphatic rings. The van der Waals surface area contributed by atoms with Crippen LogP contribution in [0.25, 0.3) is 22.3 Å². The molecule has 0 aromatic carbocycles. The van der Waals surface area contributed by atoms with Crippen LogP contribution >= 0.6 is 0 Å². The summed E-state index contributed by atoms with van der Waals surface area (Å²) in [4.78, 5) is 31.3. The minimum absolute atomic E-state index is 0.103. The van der Waals surface area contributed by atoms with E-state index >= 15 is 0 Å². The highest BCUT2D eigenvalue weighted by molar-refractivity contribution is 6.06. The maximum atomic E-state index is 12.8. The summed E-state index contributed by atoms with van der Waals surface area (Å²) in [6.07, 6.45) is 7.42. The average molecular weight is 455 g/mol. The molecule has 4 aromatic heterocycles. The van der Waals surface area contributed by atoms with Crippen molar-refractivity contribution in [2.24, 2.45) is 7.05 Å². The Morgan fingerprint density at radius 1 is 1.00 bits per heavy atom. The van der Waals surface area contributed by atoms with Crippen molar-refractivity contribution in [2.45, 2.75) is 6.54 Å². The van der Waals surface area contributed by atoms with Crippen LogP contribution < -0.4 is 15.5 Å². The highest BCUT2D eigenvalue weighted by atomic mass is 16.1. The van der Waals surface area contributed by atoms with E-state index in [-0.39, 0.29) is 5.91 Å². The SMILES string of the molecule is CN1CCN(c2ccc(Nc3cnc(-c4cn(C)c5ncccc45)c4c3C(=O)NC4)nc2)CC1. The van der Waals surface area contributed by atoms with Crippen LogP contribution in [-0.4, -0.2) is 63.6 Å². The number of carbonyl (C=O) groups is 1. The normalized spacial score (nSPS) is 16.1. The third-order valence-electron chi connectivity index (χ3n) is 6.70. The van der Waals surface area contributed by atoms with Crippen LogP contribution in [0.3, 0.4) is 0 Å². The van der Waals surface area contributed by atoms with Crippen LogP contribution in [0.15, 0.2) is 49.1 Å². The van der Waals surface area contributed by atoms with Gasteiger partial charge in [0.15, 0.2) is 0 Å². The summed E-state index contributed by atoms with van der Waals surface area (Å²) in [5.74, 6) is 0.581. The molecule has 2 aliphatic heterocycles. The van der Waals surface area contributed by atoms with Gasteiger partial charge in [0.1, 0.15) is 11.5 Å². The van der Waals surface area contributed by atoms with Gasteiger partial charge in [0, 0.05) is 68.7 Å². The van der Waals surface area contributed by atoms with Crippen molar-refractivity contribution in [1.82, 2.24) is 29.7 Å².